The minimum Gasteiger partial charge on any atom is -0.388 e. The number of nitriles is 1. The average molecular weight is 283 g/mol. The van der Waals surface area contributed by atoms with Gasteiger partial charge >= 0.3 is 6.18 Å². The lowest BCUT2D eigenvalue weighted by Crippen LogP contribution is -2.16. The number of alkyl halides is 3. The van der Waals surface area contributed by atoms with E-state index in [1.54, 1.807) is 6.07 Å². The quantitative estimate of drug-likeness (QED) is 0.887. The molecule has 0 bridgehead atoms. The van der Waals surface area contributed by atoms with E-state index in [0.717, 1.165) is 31.7 Å². The van der Waals surface area contributed by atoms with Crippen LogP contribution in [-0.4, -0.2) is 5.11 Å². The summed E-state index contributed by atoms with van der Waals surface area (Å²) in [7, 11) is 0. The van der Waals surface area contributed by atoms with Gasteiger partial charge in [0.1, 0.15) is 0 Å². The second kappa shape index (κ2) is 5.45. The first-order chi connectivity index (χ1) is 9.36. The van der Waals surface area contributed by atoms with Gasteiger partial charge in [-0.1, -0.05) is 18.9 Å². The molecule has 1 aromatic carbocycles. The van der Waals surface area contributed by atoms with Crippen LogP contribution in [-0.2, 0) is 6.18 Å². The monoisotopic (exact) mass is 283 g/mol. The zero-order valence-electron chi connectivity index (χ0n) is 11.2. The Labute approximate surface area is 115 Å². The van der Waals surface area contributed by atoms with E-state index in [4.69, 9.17) is 5.26 Å². The molecular weight excluding hydrogens is 267 g/mol. The molecule has 1 saturated carbocycles. The highest BCUT2D eigenvalue weighted by Gasteiger charge is 2.37. The molecule has 1 atom stereocenters. The van der Waals surface area contributed by atoms with Crippen molar-refractivity contribution >= 4 is 0 Å². The molecule has 1 aromatic rings. The van der Waals surface area contributed by atoms with Crippen LogP contribution in [0.15, 0.2) is 12.1 Å². The maximum absolute atomic E-state index is 13.1. The summed E-state index contributed by atoms with van der Waals surface area (Å²) in [6, 6.07) is 4.18. The van der Waals surface area contributed by atoms with E-state index in [1.165, 1.54) is 13.0 Å². The Morgan fingerprint density at radius 1 is 1.30 bits per heavy atom. The Kier molecular flexibility index (Phi) is 4.05. The first-order valence-corrected chi connectivity index (χ1v) is 6.65. The Morgan fingerprint density at radius 2 is 1.90 bits per heavy atom. The zero-order chi connectivity index (χ0) is 14.9. The number of hydrogen-bond acceptors (Lipinski definition) is 2. The lowest BCUT2D eigenvalue weighted by molar-refractivity contribution is -0.138. The van der Waals surface area contributed by atoms with Crippen LogP contribution in [0.5, 0.6) is 0 Å². The van der Waals surface area contributed by atoms with E-state index < -0.39 is 23.4 Å². The van der Waals surface area contributed by atoms with Crippen LogP contribution < -0.4 is 0 Å². The predicted octanol–water partition coefficient (Wildman–Crippen LogP) is 4.11. The van der Waals surface area contributed by atoms with Crippen molar-refractivity contribution in [1.29, 1.82) is 5.26 Å². The summed E-state index contributed by atoms with van der Waals surface area (Å²) in [6.07, 6.45) is -1.79. The molecule has 108 valence electrons. The molecule has 1 N–H and O–H groups in total. The summed E-state index contributed by atoms with van der Waals surface area (Å²) in [5.74, 6) is 0.0164. The molecule has 0 spiro atoms. The third-order valence-corrected chi connectivity index (χ3v) is 4.08. The lowest BCUT2D eigenvalue weighted by Gasteiger charge is -2.23. The van der Waals surface area contributed by atoms with Crippen LogP contribution in [0.25, 0.3) is 0 Å². The van der Waals surface area contributed by atoms with Crippen molar-refractivity contribution in [3.63, 3.8) is 0 Å². The SMILES string of the molecule is Cc1c(C(O)C2CCCC2)ccc(C#N)c1C(F)(F)F. The molecule has 20 heavy (non-hydrogen) atoms. The molecule has 5 heteroatoms. The minimum absolute atomic E-state index is 0.0164. The molecule has 0 heterocycles. The Balaban J connectivity index is 2.48. The lowest BCUT2D eigenvalue weighted by atomic mass is 9.88. The van der Waals surface area contributed by atoms with Crippen LogP contribution >= 0.6 is 0 Å². The number of aliphatic hydroxyl groups is 1. The molecule has 1 aliphatic rings. The first-order valence-electron chi connectivity index (χ1n) is 6.65. The van der Waals surface area contributed by atoms with Gasteiger partial charge in [-0.25, -0.2) is 0 Å². The Hall–Kier alpha value is -1.54. The highest BCUT2D eigenvalue weighted by molar-refractivity contribution is 5.48. The molecule has 1 fully saturated rings. The zero-order valence-corrected chi connectivity index (χ0v) is 11.2. The molecule has 0 saturated heterocycles. The van der Waals surface area contributed by atoms with Gasteiger partial charge in [0.05, 0.1) is 23.3 Å². The summed E-state index contributed by atoms with van der Waals surface area (Å²) >= 11 is 0. The molecule has 2 nitrogen and oxygen atoms in total. The number of halogens is 3. The van der Waals surface area contributed by atoms with Crippen LogP contribution in [0.4, 0.5) is 13.2 Å². The number of benzene rings is 1. The van der Waals surface area contributed by atoms with Gasteiger partial charge in [-0.05, 0) is 42.9 Å². The smallest absolute Gasteiger partial charge is 0.388 e. The molecule has 1 unspecified atom stereocenters. The maximum Gasteiger partial charge on any atom is 0.417 e. The van der Waals surface area contributed by atoms with Crippen molar-refractivity contribution in [3.8, 4) is 6.07 Å². The Bertz CT molecular complexity index is 539. The van der Waals surface area contributed by atoms with Gasteiger partial charge in [0.25, 0.3) is 0 Å². The van der Waals surface area contributed by atoms with Gasteiger partial charge in [-0.3, -0.25) is 0 Å². The number of rotatable bonds is 2. The summed E-state index contributed by atoms with van der Waals surface area (Å²) in [5, 5.41) is 19.1. The predicted molar refractivity (Wildman–Crippen MR) is 67.8 cm³/mol. The fourth-order valence-electron chi connectivity index (χ4n) is 3.03. The van der Waals surface area contributed by atoms with E-state index in [1.807, 2.05) is 0 Å². The molecule has 0 aliphatic heterocycles. The van der Waals surface area contributed by atoms with Crippen molar-refractivity contribution in [2.75, 3.05) is 0 Å². The van der Waals surface area contributed by atoms with Gasteiger partial charge in [0, 0.05) is 0 Å². The van der Waals surface area contributed by atoms with E-state index in [2.05, 4.69) is 0 Å². The van der Waals surface area contributed by atoms with Crippen molar-refractivity contribution in [1.82, 2.24) is 0 Å². The number of hydrogen-bond donors (Lipinski definition) is 1. The van der Waals surface area contributed by atoms with E-state index >= 15 is 0 Å². The standard InChI is InChI=1S/C15H16F3NO/c1-9-12(14(20)10-4-2-3-5-10)7-6-11(8-19)13(9)15(16,17)18/h6-7,10,14,20H,2-5H2,1H3. The molecule has 2 rings (SSSR count). The van der Waals surface area contributed by atoms with Crippen LogP contribution in [0.2, 0.25) is 0 Å². The summed E-state index contributed by atoms with van der Waals surface area (Å²) in [6.45, 7) is 1.33. The maximum atomic E-state index is 13.1. The molecule has 0 radical (unpaired) electrons. The van der Waals surface area contributed by atoms with Gasteiger partial charge in [-0.2, -0.15) is 18.4 Å². The van der Waals surface area contributed by atoms with Crippen LogP contribution in [0.1, 0.15) is 54.0 Å². The van der Waals surface area contributed by atoms with Gasteiger partial charge in [0.15, 0.2) is 0 Å². The second-order valence-electron chi connectivity index (χ2n) is 5.30. The normalized spacial score (nSPS) is 18.0. The molecule has 0 amide bonds. The van der Waals surface area contributed by atoms with Crippen LogP contribution in [0.3, 0.4) is 0 Å². The molecule has 0 aromatic heterocycles. The Morgan fingerprint density at radius 3 is 2.40 bits per heavy atom. The number of nitrogens with zero attached hydrogens (tertiary/aromatic N) is 1. The van der Waals surface area contributed by atoms with Gasteiger partial charge < -0.3 is 5.11 Å². The van der Waals surface area contributed by atoms with Crippen molar-refractivity contribution in [3.05, 3.63) is 34.4 Å². The van der Waals surface area contributed by atoms with Gasteiger partial charge in [-0.15, -0.1) is 0 Å². The van der Waals surface area contributed by atoms with E-state index in [0.29, 0.717) is 5.56 Å². The molecular formula is C15H16F3NO. The first kappa shape index (κ1) is 14.9. The van der Waals surface area contributed by atoms with Crippen molar-refractivity contribution in [2.24, 2.45) is 5.92 Å². The summed E-state index contributed by atoms with van der Waals surface area (Å²) in [5.41, 5.74) is -1.05. The third kappa shape index (κ3) is 2.66. The van der Waals surface area contributed by atoms with E-state index in [-0.39, 0.29) is 11.5 Å². The second-order valence-corrected chi connectivity index (χ2v) is 5.30. The number of aliphatic hydroxyl groups excluding tert-OH is 1. The fraction of sp³-hybridized carbons (Fsp3) is 0.533. The van der Waals surface area contributed by atoms with Crippen molar-refractivity contribution < 1.29 is 18.3 Å². The topological polar surface area (TPSA) is 44.0 Å². The minimum atomic E-state index is -4.58. The van der Waals surface area contributed by atoms with Gasteiger partial charge in [0.2, 0.25) is 0 Å². The highest BCUT2D eigenvalue weighted by Crippen LogP contribution is 2.41. The highest BCUT2D eigenvalue weighted by atomic mass is 19.4. The fourth-order valence-corrected chi connectivity index (χ4v) is 3.03. The van der Waals surface area contributed by atoms with E-state index in [9.17, 15) is 18.3 Å². The summed E-state index contributed by atoms with van der Waals surface area (Å²) in [4.78, 5) is 0. The largest absolute Gasteiger partial charge is 0.417 e. The van der Waals surface area contributed by atoms with Crippen LogP contribution in [0, 0.1) is 24.2 Å². The summed E-state index contributed by atoms with van der Waals surface area (Å²) < 4.78 is 39.3. The average Bonchev–Trinajstić information content (AvgIpc) is 2.89. The van der Waals surface area contributed by atoms with Crippen molar-refractivity contribution in [2.45, 2.75) is 44.9 Å². The molecule has 1 aliphatic carbocycles. The third-order valence-electron chi connectivity index (χ3n) is 4.08.